The van der Waals surface area contributed by atoms with Crippen molar-refractivity contribution in [2.75, 3.05) is 52.4 Å². The second-order valence-electron chi connectivity index (χ2n) is 5.95. The molecule has 2 aliphatic heterocycles. The molecule has 0 unspecified atom stereocenters. The molecule has 0 N–H and O–H groups in total. The summed E-state index contributed by atoms with van der Waals surface area (Å²) in [7, 11) is 0. The van der Waals surface area contributed by atoms with E-state index in [0.29, 0.717) is 19.7 Å². The van der Waals surface area contributed by atoms with Gasteiger partial charge in [-0.2, -0.15) is 0 Å². The van der Waals surface area contributed by atoms with Crippen molar-refractivity contribution in [1.29, 1.82) is 0 Å². The van der Waals surface area contributed by atoms with Gasteiger partial charge in [-0.25, -0.2) is 4.79 Å². The fourth-order valence-electron chi connectivity index (χ4n) is 3.05. The zero-order chi connectivity index (χ0) is 16.1. The SMILES string of the molecule is O=C1OCCN1CCN1CCCN(C(=O)c2ccccc2)CC1. The zero-order valence-corrected chi connectivity index (χ0v) is 13.3. The van der Waals surface area contributed by atoms with Crippen LogP contribution in [0.25, 0.3) is 0 Å². The van der Waals surface area contributed by atoms with Crippen LogP contribution in [0.15, 0.2) is 30.3 Å². The summed E-state index contributed by atoms with van der Waals surface area (Å²) < 4.78 is 4.94. The lowest BCUT2D eigenvalue weighted by Gasteiger charge is -2.23. The number of ether oxygens (including phenoxy) is 1. The topological polar surface area (TPSA) is 53.1 Å². The van der Waals surface area contributed by atoms with Crippen LogP contribution >= 0.6 is 0 Å². The van der Waals surface area contributed by atoms with Crippen LogP contribution in [0.4, 0.5) is 4.79 Å². The summed E-state index contributed by atoms with van der Waals surface area (Å²) in [4.78, 5) is 30.0. The van der Waals surface area contributed by atoms with E-state index in [1.54, 1.807) is 4.90 Å². The highest BCUT2D eigenvalue weighted by molar-refractivity contribution is 5.94. The van der Waals surface area contributed by atoms with Crippen molar-refractivity contribution >= 4 is 12.0 Å². The normalized spacial score (nSPS) is 19.6. The van der Waals surface area contributed by atoms with Crippen LogP contribution in [0.1, 0.15) is 16.8 Å². The van der Waals surface area contributed by atoms with Crippen molar-refractivity contribution in [3.63, 3.8) is 0 Å². The molecule has 0 radical (unpaired) electrons. The molecule has 2 aliphatic rings. The Bertz CT molecular complexity index is 549. The summed E-state index contributed by atoms with van der Waals surface area (Å²) in [6.45, 7) is 6.05. The quantitative estimate of drug-likeness (QED) is 0.840. The average molecular weight is 317 g/mol. The molecule has 0 aromatic heterocycles. The molecule has 2 heterocycles. The monoisotopic (exact) mass is 317 g/mol. The van der Waals surface area contributed by atoms with Crippen molar-refractivity contribution in [1.82, 2.24) is 14.7 Å². The molecular weight excluding hydrogens is 294 g/mol. The lowest BCUT2D eigenvalue weighted by atomic mass is 10.2. The highest BCUT2D eigenvalue weighted by atomic mass is 16.6. The first kappa shape index (κ1) is 15.8. The van der Waals surface area contributed by atoms with Gasteiger partial charge in [0, 0.05) is 38.3 Å². The maximum atomic E-state index is 12.5. The van der Waals surface area contributed by atoms with E-state index < -0.39 is 0 Å². The van der Waals surface area contributed by atoms with Crippen LogP contribution in [0.3, 0.4) is 0 Å². The highest BCUT2D eigenvalue weighted by Gasteiger charge is 2.24. The molecule has 6 nitrogen and oxygen atoms in total. The van der Waals surface area contributed by atoms with E-state index in [4.69, 9.17) is 4.74 Å². The molecule has 1 aromatic carbocycles. The lowest BCUT2D eigenvalue weighted by Crippen LogP contribution is -2.38. The summed E-state index contributed by atoms with van der Waals surface area (Å²) in [6, 6.07) is 9.44. The number of hydrogen-bond acceptors (Lipinski definition) is 4. The number of cyclic esters (lactones) is 1. The number of nitrogens with zero attached hydrogens (tertiary/aromatic N) is 3. The molecule has 3 rings (SSSR count). The first-order valence-electron chi connectivity index (χ1n) is 8.22. The van der Waals surface area contributed by atoms with Crippen molar-refractivity contribution in [2.24, 2.45) is 0 Å². The van der Waals surface area contributed by atoms with Gasteiger partial charge in [0.25, 0.3) is 5.91 Å². The molecule has 6 heteroatoms. The predicted molar refractivity (Wildman–Crippen MR) is 86.3 cm³/mol. The number of carbonyl (C=O) groups is 2. The van der Waals surface area contributed by atoms with Crippen molar-refractivity contribution in [2.45, 2.75) is 6.42 Å². The van der Waals surface area contributed by atoms with Crippen LogP contribution in [-0.2, 0) is 4.74 Å². The van der Waals surface area contributed by atoms with Gasteiger partial charge in [-0.05, 0) is 25.1 Å². The van der Waals surface area contributed by atoms with E-state index >= 15 is 0 Å². The predicted octanol–water partition coefficient (Wildman–Crippen LogP) is 1.29. The van der Waals surface area contributed by atoms with E-state index in [9.17, 15) is 9.59 Å². The lowest BCUT2D eigenvalue weighted by molar-refractivity contribution is 0.0761. The van der Waals surface area contributed by atoms with Crippen LogP contribution in [0, 0.1) is 0 Å². The van der Waals surface area contributed by atoms with Gasteiger partial charge in [-0.1, -0.05) is 18.2 Å². The van der Waals surface area contributed by atoms with Crippen molar-refractivity contribution in [3.8, 4) is 0 Å². The Morgan fingerprint density at radius 1 is 1.00 bits per heavy atom. The number of benzene rings is 1. The molecule has 0 aliphatic carbocycles. The minimum atomic E-state index is -0.208. The molecule has 2 fully saturated rings. The molecule has 2 amide bonds. The summed E-state index contributed by atoms with van der Waals surface area (Å²) in [5, 5.41) is 0. The van der Waals surface area contributed by atoms with E-state index in [1.807, 2.05) is 35.2 Å². The van der Waals surface area contributed by atoms with Gasteiger partial charge in [-0.3, -0.25) is 9.69 Å². The maximum Gasteiger partial charge on any atom is 0.409 e. The van der Waals surface area contributed by atoms with Gasteiger partial charge < -0.3 is 14.5 Å². The Morgan fingerprint density at radius 2 is 1.83 bits per heavy atom. The third-order valence-corrected chi connectivity index (χ3v) is 4.43. The Kier molecular flexibility index (Phi) is 5.12. The largest absolute Gasteiger partial charge is 0.448 e. The number of carbonyl (C=O) groups excluding carboxylic acids is 2. The van der Waals surface area contributed by atoms with Gasteiger partial charge >= 0.3 is 6.09 Å². The number of hydrogen-bond donors (Lipinski definition) is 0. The molecule has 1 aromatic rings. The Labute approximate surface area is 136 Å². The smallest absolute Gasteiger partial charge is 0.409 e. The molecule has 124 valence electrons. The maximum absolute atomic E-state index is 12.5. The minimum absolute atomic E-state index is 0.107. The van der Waals surface area contributed by atoms with Gasteiger partial charge in [0.05, 0.1) is 6.54 Å². The third kappa shape index (κ3) is 4.01. The molecule has 0 bridgehead atoms. The Balaban J connectivity index is 1.49. The molecule has 2 saturated heterocycles. The van der Waals surface area contributed by atoms with Crippen molar-refractivity contribution in [3.05, 3.63) is 35.9 Å². The average Bonchev–Trinajstić information content (AvgIpc) is 2.85. The minimum Gasteiger partial charge on any atom is -0.448 e. The second-order valence-corrected chi connectivity index (χ2v) is 5.95. The Hall–Kier alpha value is -2.08. The standard InChI is InChI=1S/C17H23N3O3/c21-16(15-5-2-1-3-6-15)19-8-4-7-18(9-11-19)10-12-20-13-14-23-17(20)22/h1-3,5-6H,4,7-14H2. The summed E-state index contributed by atoms with van der Waals surface area (Å²) in [5.74, 6) is 0.107. The fraction of sp³-hybridized carbons (Fsp3) is 0.529. The van der Waals surface area contributed by atoms with Crippen LogP contribution in [0.2, 0.25) is 0 Å². The van der Waals surface area contributed by atoms with E-state index in [1.165, 1.54) is 0 Å². The summed E-state index contributed by atoms with van der Waals surface area (Å²) in [5.41, 5.74) is 0.751. The van der Waals surface area contributed by atoms with Gasteiger partial charge in [0.2, 0.25) is 0 Å². The van der Waals surface area contributed by atoms with Crippen molar-refractivity contribution < 1.29 is 14.3 Å². The summed E-state index contributed by atoms with van der Waals surface area (Å²) >= 11 is 0. The fourth-order valence-corrected chi connectivity index (χ4v) is 3.05. The number of amides is 2. The molecule has 23 heavy (non-hydrogen) atoms. The molecular formula is C17H23N3O3. The van der Waals surface area contributed by atoms with Gasteiger partial charge in [0.15, 0.2) is 0 Å². The third-order valence-electron chi connectivity index (χ3n) is 4.43. The number of rotatable bonds is 4. The first-order chi connectivity index (χ1) is 11.2. The first-order valence-corrected chi connectivity index (χ1v) is 8.22. The van der Waals surface area contributed by atoms with Gasteiger partial charge in [-0.15, -0.1) is 0 Å². The molecule has 0 spiro atoms. The molecule has 0 atom stereocenters. The summed E-state index contributed by atoms with van der Waals surface area (Å²) in [6.07, 6.45) is 0.754. The highest BCUT2D eigenvalue weighted by Crippen LogP contribution is 2.10. The van der Waals surface area contributed by atoms with Crippen LogP contribution < -0.4 is 0 Å². The van der Waals surface area contributed by atoms with E-state index in [0.717, 1.165) is 44.7 Å². The van der Waals surface area contributed by atoms with E-state index in [-0.39, 0.29) is 12.0 Å². The van der Waals surface area contributed by atoms with E-state index in [2.05, 4.69) is 4.90 Å². The second kappa shape index (κ2) is 7.46. The van der Waals surface area contributed by atoms with Crippen LogP contribution in [0.5, 0.6) is 0 Å². The zero-order valence-electron chi connectivity index (χ0n) is 13.3. The Morgan fingerprint density at radius 3 is 2.57 bits per heavy atom. The molecule has 0 saturated carbocycles. The van der Waals surface area contributed by atoms with Crippen LogP contribution in [-0.4, -0.2) is 79.1 Å². The van der Waals surface area contributed by atoms with Gasteiger partial charge in [0.1, 0.15) is 6.61 Å².